The molecule has 0 N–H and O–H groups in total. The molecular formula is C11H9ClF3N3O. The number of hydrogen-bond acceptors (Lipinski definition) is 3. The van der Waals surface area contributed by atoms with Crippen LogP contribution >= 0.6 is 11.6 Å². The summed E-state index contributed by atoms with van der Waals surface area (Å²) in [4.78, 5) is 0. The number of rotatable bonds is 3. The largest absolute Gasteiger partial charge is 0.497 e. The average molecular weight is 292 g/mol. The fraction of sp³-hybridized carbons (Fsp3) is 0.273. The second-order valence-corrected chi connectivity index (χ2v) is 3.88. The molecule has 0 atom stereocenters. The lowest BCUT2D eigenvalue weighted by molar-refractivity contribution is -0.146. The molecule has 8 heteroatoms. The molecule has 0 amide bonds. The number of alkyl halides is 4. The molecule has 2 rings (SSSR count). The van der Waals surface area contributed by atoms with Crippen molar-refractivity contribution in [1.29, 1.82) is 0 Å². The van der Waals surface area contributed by atoms with Gasteiger partial charge in [0, 0.05) is 6.07 Å². The number of hydrogen-bond donors (Lipinski definition) is 0. The van der Waals surface area contributed by atoms with E-state index in [1.165, 1.54) is 19.2 Å². The van der Waals surface area contributed by atoms with Gasteiger partial charge in [0.25, 0.3) is 0 Å². The zero-order valence-electron chi connectivity index (χ0n) is 9.78. The molecule has 102 valence electrons. The highest BCUT2D eigenvalue weighted by molar-refractivity contribution is 6.16. The monoisotopic (exact) mass is 291 g/mol. The number of aromatic nitrogens is 3. The topological polar surface area (TPSA) is 39.9 Å². The van der Waals surface area contributed by atoms with Gasteiger partial charge in [0.15, 0.2) is 5.82 Å². The zero-order chi connectivity index (χ0) is 14.0. The van der Waals surface area contributed by atoms with Crippen LogP contribution in [0.1, 0.15) is 11.6 Å². The third kappa shape index (κ3) is 2.65. The molecule has 0 aliphatic heterocycles. The Labute approximate surface area is 111 Å². The van der Waals surface area contributed by atoms with Gasteiger partial charge in [-0.2, -0.15) is 13.2 Å². The van der Waals surface area contributed by atoms with Gasteiger partial charge >= 0.3 is 6.18 Å². The number of halogens is 4. The molecule has 0 fully saturated rings. The lowest BCUT2D eigenvalue weighted by Crippen LogP contribution is -2.15. The summed E-state index contributed by atoms with van der Waals surface area (Å²) in [6, 6.07) is 6.15. The maximum atomic E-state index is 12.9. The maximum Gasteiger partial charge on any atom is 0.452 e. The van der Waals surface area contributed by atoms with Gasteiger partial charge < -0.3 is 4.74 Å². The van der Waals surface area contributed by atoms with E-state index in [1.54, 1.807) is 12.1 Å². The molecule has 0 saturated carbocycles. The van der Waals surface area contributed by atoms with E-state index < -0.39 is 12.0 Å². The second-order valence-electron chi connectivity index (χ2n) is 3.61. The van der Waals surface area contributed by atoms with Crippen LogP contribution in [0.25, 0.3) is 5.69 Å². The van der Waals surface area contributed by atoms with Gasteiger partial charge in [-0.25, -0.2) is 0 Å². The van der Waals surface area contributed by atoms with Crippen LogP contribution in [0.15, 0.2) is 24.3 Å². The quantitative estimate of drug-likeness (QED) is 0.816. The van der Waals surface area contributed by atoms with Gasteiger partial charge in [-0.1, -0.05) is 6.07 Å². The Hall–Kier alpha value is -1.76. The van der Waals surface area contributed by atoms with E-state index in [-0.39, 0.29) is 17.4 Å². The van der Waals surface area contributed by atoms with Crippen molar-refractivity contribution in [2.24, 2.45) is 0 Å². The zero-order valence-corrected chi connectivity index (χ0v) is 10.5. The number of methoxy groups -OCH3 is 1. The van der Waals surface area contributed by atoms with E-state index in [0.29, 0.717) is 5.75 Å². The van der Waals surface area contributed by atoms with E-state index in [2.05, 4.69) is 10.2 Å². The van der Waals surface area contributed by atoms with Crippen LogP contribution in [0.3, 0.4) is 0 Å². The third-order valence-electron chi connectivity index (χ3n) is 2.41. The molecule has 0 aliphatic carbocycles. The van der Waals surface area contributed by atoms with Crippen LogP contribution in [0.2, 0.25) is 0 Å². The highest BCUT2D eigenvalue weighted by atomic mass is 35.5. The van der Waals surface area contributed by atoms with Gasteiger partial charge in [-0.3, -0.25) is 4.57 Å². The second kappa shape index (κ2) is 5.08. The lowest BCUT2D eigenvalue weighted by atomic mass is 10.3. The van der Waals surface area contributed by atoms with Crippen molar-refractivity contribution in [2.75, 3.05) is 7.11 Å². The Bertz CT molecular complexity index is 583. The van der Waals surface area contributed by atoms with Crippen LogP contribution in [0, 0.1) is 0 Å². The van der Waals surface area contributed by atoms with Gasteiger partial charge in [-0.05, 0) is 12.1 Å². The number of nitrogens with zero attached hydrogens (tertiary/aromatic N) is 3. The first-order chi connectivity index (χ1) is 8.97. The summed E-state index contributed by atoms with van der Waals surface area (Å²) in [6.45, 7) is 0. The molecule has 0 bridgehead atoms. The molecular weight excluding hydrogens is 283 g/mol. The van der Waals surface area contributed by atoms with Crippen molar-refractivity contribution in [1.82, 2.24) is 14.8 Å². The lowest BCUT2D eigenvalue weighted by Gasteiger charge is -2.12. The molecule has 0 saturated heterocycles. The van der Waals surface area contributed by atoms with Crippen LogP contribution in [-0.4, -0.2) is 21.9 Å². The smallest absolute Gasteiger partial charge is 0.452 e. The van der Waals surface area contributed by atoms with Crippen molar-refractivity contribution in [3.63, 3.8) is 0 Å². The van der Waals surface area contributed by atoms with E-state index in [0.717, 1.165) is 4.57 Å². The standard InChI is InChI=1S/C11H9ClF3N3O/c1-19-8-4-2-3-7(5-8)18-9(6-12)16-17-10(18)11(13,14)15/h2-5H,6H2,1H3. The predicted octanol–water partition coefficient (Wildman–Crippen LogP) is 3.03. The molecule has 4 nitrogen and oxygen atoms in total. The normalized spacial score (nSPS) is 11.6. The molecule has 0 aliphatic rings. The predicted molar refractivity (Wildman–Crippen MR) is 62.5 cm³/mol. The Balaban J connectivity index is 2.62. The summed E-state index contributed by atoms with van der Waals surface area (Å²) in [7, 11) is 1.43. The molecule has 0 spiro atoms. The minimum atomic E-state index is -4.61. The van der Waals surface area contributed by atoms with E-state index >= 15 is 0 Å². The molecule has 1 aromatic heterocycles. The SMILES string of the molecule is COc1cccc(-n2c(CCl)nnc2C(F)(F)F)c1. The number of ether oxygens (including phenoxy) is 1. The molecule has 1 aromatic carbocycles. The molecule has 2 aromatic rings. The Kier molecular flexibility index (Phi) is 3.66. The van der Waals surface area contributed by atoms with Gasteiger partial charge in [0.05, 0.1) is 18.7 Å². The summed E-state index contributed by atoms with van der Waals surface area (Å²) >= 11 is 5.60. The van der Waals surface area contributed by atoms with Gasteiger partial charge in [0.1, 0.15) is 5.75 Å². The average Bonchev–Trinajstić information content (AvgIpc) is 2.82. The Morgan fingerprint density at radius 3 is 2.63 bits per heavy atom. The van der Waals surface area contributed by atoms with Crippen LogP contribution in [0.5, 0.6) is 5.75 Å². The molecule has 1 heterocycles. The van der Waals surface area contributed by atoms with Crippen molar-refractivity contribution in [2.45, 2.75) is 12.1 Å². The van der Waals surface area contributed by atoms with Crippen molar-refractivity contribution < 1.29 is 17.9 Å². The van der Waals surface area contributed by atoms with Crippen molar-refractivity contribution in [3.8, 4) is 11.4 Å². The van der Waals surface area contributed by atoms with Crippen LogP contribution < -0.4 is 4.74 Å². The fourth-order valence-electron chi connectivity index (χ4n) is 1.61. The summed E-state index contributed by atoms with van der Waals surface area (Å²) in [5.41, 5.74) is 0.243. The molecule has 19 heavy (non-hydrogen) atoms. The van der Waals surface area contributed by atoms with E-state index in [9.17, 15) is 13.2 Å². The fourth-order valence-corrected chi connectivity index (χ4v) is 1.78. The van der Waals surface area contributed by atoms with Gasteiger partial charge in [-0.15, -0.1) is 21.8 Å². The minimum absolute atomic E-state index is 0.0160. The van der Waals surface area contributed by atoms with Gasteiger partial charge in [0.2, 0.25) is 5.82 Å². The van der Waals surface area contributed by atoms with E-state index in [1.807, 2.05) is 0 Å². The maximum absolute atomic E-state index is 12.9. The Morgan fingerprint density at radius 2 is 2.05 bits per heavy atom. The van der Waals surface area contributed by atoms with Crippen molar-refractivity contribution >= 4 is 11.6 Å². The summed E-state index contributed by atoms with van der Waals surface area (Å²) in [5, 5.41) is 6.61. The summed E-state index contributed by atoms with van der Waals surface area (Å²) in [5.74, 6) is -0.848. The van der Waals surface area contributed by atoms with Crippen LogP contribution in [-0.2, 0) is 12.1 Å². The van der Waals surface area contributed by atoms with Crippen molar-refractivity contribution in [3.05, 3.63) is 35.9 Å². The first kappa shape index (κ1) is 13.7. The summed E-state index contributed by atoms with van der Waals surface area (Å²) in [6.07, 6.45) is -4.61. The third-order valence-corrected chi connectivity index (χ3v) is 2.65. The highest BCUT2D eigenvalue weighted by Gasteiger charge is 2.38. The first-order valence-electron chi connectivity index (χ1n) is 5.19. The van der Waals surface area contributed by atoms with Crippen LogP contribution in [0.4, 0.5) is 13.2 Å². The number of benzene rings is 1. The summed E-state index contributed by atoms with van der Waals surface area (Å²) < 4.78 is 44.5. The Morgan fingerprint density at radius 1 is 1.32 bits per heavy atom. The first-order valence-corrected chi connectivity index (χ1v) is 5.72. The highest BCUT2D eigenvalue weighted by Crippen LogP contribution is 2.31. The van der Waals surface area contributed by atoms with E-state index in [4.69, 9.17) is 16.3 Å². The minimum Gasteiger partial charge on any atom is -0.497 e. The molecule has 0 unspecified atom stereocenters. The molecule has 0 radical (unpaired) electrons.